The number of amides is 2. The second-order valence-corrected chi connectivity index (χ2v) is 3.97. The Morgan fingerprint density at radius 1 is 1.53 bits per heavy atom. The number of aromatic nitrogens is 1. The summed E-state index contributed by atoms with van der Waals surface area (Å²) in [4.78, 5) is 26.4. The van der Waals surface area contributed by atoms with Crippen LogP contribution in [-0.4, -0.2) is 22.8 Å². The highest BCUT2D eigenvalue weighted by molar-refractivity contribution is 7.13. The lowest BCUT2D eigenvalue weighted by Crippen LogP contribution is -2.40. The predicted molar refractivity (Wildman–Crippen MR) is 58.6 cm³/mol. The van der Waals surface area contributed by atoms with Crippen molar-refractivity contribution in [2.75, 3.05) is 5.32 Å². The van der Waals surface area contributed by atoms with Gasteiger partial charge in [0.2, 0.25) is 0 Å². The van der Waals surface area contributed by atoms with Gasteiger partial charge in [-0.2, -0.15) is 0 Å². The molecule has 0 spiro atoms. The second kappa shape index (κ2) is 5.45. The lowest BCUT2D eigenvalue weighted by Gasteiger charge is -2.09. The first-order valence-corrected chi connectivity index (χ1v) is 5.52. The summed E-state index contributed by atoms with van der Waals surface area (Å²) in [5, 5.41) is 7.13. The van der Waals surface area contributed by atoms with Gasteiger partial charge in [-0.25, -0.2) is 4.98 Å². The van der Waals surface area contributed by atoms with Gasteiger partial charge in [0.1, 0.15) is 0 Å². The zero-order chi connectivity index (χ0) is 11.3. The third-order valence-corrected chi connectivity index (χ3v) is 2.54. The normalized spacial score (nSPS) is 11.9. The smallest absolute Gasteiger partial charge is 0.315 e. The lowest BCUT2D eigenvalue weighted by atomic mass is 10.2. The van der Waals surface area contributed by atoms with Crippen molar-refractivity contribution in [2.45, 2.75) is 26.3 Å². The van der Waals surface area contributed by atoms with E-state index < -0.39 is 11.8 Å². The lowest BCUT2D eigenvalue weighted by molar-refractivity contribution is -0.136. The number of rotatable bonds is 3. The van der Waals surface area contributed by atoms with Crippen LogP contribution in [0.15, 0.2) is 11.6 Å². The molecule has 0 unspecified atom stereocenters. The molecule has 1 aromatic heterocycles. The van der Waals surface area contributed by atoms with Gasteiger partial charge in [0.15, 0.2) is 5.13 Å². The number of carbonyl (C=O) groups excluding carboxylic acids is 2. The van der Waals surface area contributed by atoms with Crippen LogP contribution >= 0.6 is 11.3 Å². The molecule has 0 aliphatic rings. The van der Waals surface area contributed by atoms with E-state index in [-0.39, 0.29) is 6.04 Å². The van der Waals surface area contributed by atoms with Gasteiger partial charge in [0.25, 0.3) is 0 Å². The van der Waals surface area contributed by atoms with E-state index in [1.54, 1.807) is 11.6 Å². The predicted octanol–water partition coefficient (Wildman–Crippen LogP) is 0.996. The zero-order valence-corrected chi connectivity index (χ0v) is 9.43. The number of thiazole rings is 1. The number of nitrogens with one attached hydrogen (secondary N) is 2. The van der Waals surface area contributed by atoms with Crippen molar-refractivity contribution in [3.63, 3.8) is 0 Å². The van der Waals surface area contributed by atoms with Crippen LogP contribution in [0.25, 0.3) is 0 Å². The zero-order valence-electron chi connectivity index (χ0n) is 8.61. The van der Waals surface area contributed by atoms with Crippen LogP contribution in [0.4, 0.5) is 5.13 Å². The van der Waals surface area contributed by atoms with E-state index in [1.807, 2.05) is 13.8 Å². The molecule has 0 aliphatic carbocycles. The molecule has 1 aromatic rings. The SMILES string of the molecule is CC[C@@H](C)NC(=O)C(=O)Nc1nccs1. The molecule has 2 N–H and O–H groups in total. The Labute approximate surface area is 91.9 Å². The summed E-state index contributed by atoms with van der Waals surface area (Å²) in [5.41, 5.74) is 0. The average Bonchev–Trinajstić information content (AvgIpc) is 2.70. The molecule has 82 valence electrons. The number of carbonyl (C=O) groups is 2. The van der Waals surface area contributed by atoms with Gasteiger partial charge >= 0.3 is 11.8 Å². The number of hydrogen-bond donors (Lipinski definition) is 2. The third-order valence-electron chi connectivity index (χ3n) is 1.85. The Balaban J connectivity index is 2.44. The van der Waals surface area contributed by atoms with E-state index in [2.05, 4.69) is 15.6 Å². The third kappa shape index (κ3) is 3.67. The van der Waals surface area contributed by atoms with Crippen LogP contribution in [-0.2, 0) is 9.59 Å². The van der Waals surface area contributed by atoms with Gasteiger partial charge in [-0.1, -0.05) is 6.92 Å². The molecule has 2 amide bonds. The molecule has 0 saturated carbocycles. The average molecular weight is 227 g/mol. The molecule has 15 heavy (non-hydrogen) atoms. The fourth-order valence-electron chi connectivity index (χ4n) is 0.830. The molecule has 5 nitrogen and oxygen atoms in total. The first-order valence-electron chi connectivity index (χ1n) is 4.64. The van der Waals surface area contributed by atoms with Crippen LogP contribution < -0.4 is 10.6 Å². The van der Waals surface area contributed by atoms with Gasteiger partial charge in [0, 0.05) is 17.6 Å². The topological polar surface area (TPSA) is 71.1 Å². The maximum Gasteiger partial charge on any atom is 0.315 e. The molecule has 0 radical (unpaired) electrons. The standard InChI is InChI=1S/C9H13N3O2S/c1-3-6(2)11-7(13)8(14)12-9-10-4-5-15-9/h4-6H,3H2,1-2H3,(H,11,13)(H,10,12,14)/t6-/m1/s1. The van der Waals surface area contributed by atoms with Crippen LogP contribution in [0.2, 0.25) is 0 Å². The molecule has 1 rings (SSSR count). The quantitative estimate of drug-likeness (QED) is 0.757. The van der Waals surface area contributed by atoms with Gasteiger partial charge in [-0.15, -0.1) is 11.3 Å². The fourth-order valence-corrected chi connectivity index (χ4v) is 1.35. The van der Waals surface area contributed by atoms with Crippen molar-refractivity contribution in [3.05, 3.63) is 11.6 Å². The van der Waals surface area contributed by atoms with Crippen molar-refractivity contribution in [3.8, 4) is 0 Å². The minimum Gasteiger partial charge on any atom is -0.345 e. The summed E-state index contributed by atoms with van der Waals surface area (Å²) in [6, 6.07) is -0.000421. The van der Waals surface area contributed by atoms with Crippen molar-refractivity contribution < 1.29 is 9.59 Å². The fraction of sp³-hybridized carbons (Fsp3) is 0.444. The molecule has 6 heteroatoms. The summed E-state index contributed by atoms with van der Waals surface area (Å²) >= 11 is 1.27. The van der Waals surface area contributed by atoms with Crippen molar-refractivity contribution in [1.82, 2.24) is 10.3 Å². The van der Waals surface area contributed by atoms with Crippen LogP contribution in [0.3, 0.4) is 0 Å². The van der Waals surface area contributed by atoms with Gasteiger partial charge in [-0.05, 0) is 13.3 Å². The maximum atomic E-state index is 11.3. The monoisotopic (exact) mass is 227 g/mol. The van der Waals surface area contributed by atoms with E-state index in [0.29, 0.717) is 5.13 Å². The minimum absolute atomic E-state index is 0.000421. The van der Waals surface area contributed by atoms with E-state index in [0.717, 1.165) is 6.42 Å². The van der Waals surface area contributed by atoms with Crippen molar-refractivity contribution in [1.29, 1.82) is 0 Å². The van der Waals surface area contributed by atoms with E-state index in [4.69, 9.17) is 0 Å². The molecular weight excluding hydrogens is 214 g/mol. The molecule has 0 aliphatic heterocycles. The summed E-state index contributed by atoms with van der Waals surface area (Å²) in [6.07, 6.45) is 2.35. The highest BCUT2D eigenvalue weighted by Gasteiger charge is 2.15. The molecule has 0 saturated heterocycles. The van der Waals surface area contributed by atoms with E-state index in [1.165, 1.54) is 11.3 Å². The Morgan fingerprint density at radius 3 is 2.80 bits per heavy atom. The molecular formula is C9H13N3O2S. The van der Waals surface area contributed by atoms with Crippen molar-refractivity contribution >= 4 is 28.3 Å². The molecule has 0 fully saturated rings. The van der Waals surface area contributed by atoms with E-state index in [9.17, 15) is 9.59 Å². The van der Waals surface area contributed by atoms with Gasteiger partial charge in [0.05, 0.1) is 0 Å². The van der Waals surface area contributed by atoms with Crippen molar-refractivity contribution in [2.24, 2.45) is 0 Å². The summed E-state index contributed by atoms with van der Waals surface area (Å²) in [6.45, 7) is 3.78. The van der Waals surface area contributed by atoms with Gasteiger partial charge < -0.3 is 5.32 Å². The Morgan fingerprint density at radius 2 is 2.27 bits per heavy atom. The number of nitrogens with zero attached hydrogens (tertiary/aromatic N) is 1. The first-order chi connectivity index (χ1) is 7.13. The van der Waals surface area contributed by atoms with Crippen LogP contribution in [0.1, 0.15) is 20.3 Å². The van der Waals surface area contributed by atoms with E-state index >= 15 is 0 Å². The molecule has 1 atom stereocenters. The summed E-state index contributed by atoms with van der Waals surface area (Å²) in [7, 11) is 0. The summed E-state index contributed by atoms with van der Waals surface area (Å²) < 4.78 is 0. The Kier molecular flexibility index (Phi) is 4.23. The van der Waals surface area contributed by atoms with Crippen LogP contribution in [0.5, 0.6) is 0 Å². The largest absolute Gasteiger partial charge is 0.345 e. The maximum absolute atomic E-state index is 11.3. The second-order valence-electron chi connectivity index (χ2n) is 3.07. The first kappa shape index (κ1) is 11.6. The molecule has 1 heterocycles. The highest BCUT2D eigenvalue weighted by Crippen LogP contribution is 2.09. The van der Waals surface area contributed by atoms with Gasteiger partial charge in [-0.3, -0.25) is 14.9 Å². The minimum atomic E-state index is -0.676. The molecule has 0 aromatic carbocycles. The Hall–Kier alpha value is -1.43. The number of hydrogen-bond acceptors (Lipinski definition) is 4. The summed E-state index contributed by atoms with van der Waals surface area (Å²) in [5.74, 6) is -1.30. The number of anilines is 1. The van der Waals surface area contributed by atoms with Crippen LogP contribution in [0, 0.1) is 0 Å². The highest BCUT2D eigenvalue weighted by atomic mass is 32.1. The Bertz CT molecular complexity index is 337. The molecule has 0 bridgehead atoms.